The Bertz CT molecular complexity index is 1450. The fraction of sp³-hybridized carbons (Fsp3) is 0.300. The molecule has 3 atom stereocenters. The summed E-state index contributed by atoms with van der Waals surface area (Å²) in [6.45, 7) is 2.28. The third kappa shape index (κ3) is 6.66. The lowest BCUT2D eigenvalue weighted by Crippen LogP contribution is -2.34. The molecule has 0 unspecified atom stereocenters. The number of esters is 1. The Morgan fingerprint density at radius 3 is 2.67 bits per heavy atom. The van der Waals surface area contributed by atoms with Gasteiger partial charge in [0.2, 0.25) is 0 Å². The maximum absolute atomic E-state index is 12.3. The second-order valence-electron chi connectivity index (χ2n) is 9.47. The Morgan fingerprint density at radius 1 is 1.05 bits per heavy atom. The van der Waals surface area contributed by atoms with E-state index in [1.54, 1.807) is 25.1 Å². The summed E-state index contributed by atoms with van der Waals surface area (Å²) >= 11 is 0. The maximum atomic E-state index is 12.3. The quantitative estimate of drug-likeness (QED) is 0.266. The van der Waals surface area contributed by atoms with E-state index in [0.29, 0.717) is 18.7 Å². The molecule has 1 fully saturated rings. The van der Waals surface area contributed by atoms with Crippen LogP contribution in [0, 0.1) is 0 Å². The molecule has 2 heterocycles. The molecule has 10 heteroatoms. The van der Waals surface area contributed by atoms with Crippen molar-refractivity contribution >= 4 is 28.7 Å². The van der Waals surface area contributed by atoms with Gasteiger partial charge in [0.05, 0.1) is 49.3 Å². The normalized spacial score (nSPS) is 18.8. The Kier molecular flexibility index (Phi) is 8.70. The third-order valence-electron chi connectivity index (χ3n) is 6.66. The van der Waals surface area contributed by atoms with Crippen LogP contribution in [0.15, 0.2) is 79.1 Å². The second-order valence-corrected chi connectivity index (χ2v) is 9.47. The van der Waals surface area contributed by atoms with Gasteiger partial charge in [0.1, 0.15) is 6.54 Å². The summed E-state index contributed by atoms with van der Waals surface area (Å²) in [6.07, 6.45) is 1.30. The van der Waals surface area contributed by atoms with Crippen molar-refractivity contribution in [1.29, 1.82) is 0 Å². The molecule has 0 bridgehead atoms. The molecule has 0 radical (unpaired) electrons. The Morgan fingerprint density at radius 2 is 1.88 bits per heavy atom. The molecule has 5 rings (SSSR count). The number of hydrogen-bond acceptors (Lipinski definition) is 7. The van der Waals surface area contributed by atoms with Gasteiger partial charge in [-0.15, -0.1) is 0 Å². The monoisotopic (exact) mass is 544 g/mol. The van der Waals surface area contributed by atoms with Crippen LogP contribution in [0.1, 0.15) is 42.4 Å². The fourth-order valence-electron chi connectivity index (χ4n) is 4.71. The van der Waals surface area contributed by atoms with Gasteiger partial charge in [-0.1, -0.05) is 48.5 Å². The van der Waals surface area contributed by atoms with E-state index in [4.69, 9.17) is 14.2 Å². The molecular formula is C30H32N4O6. The summed E-state index contributed by atoms with van der Waals surface area (Å²) in [5.74, 6) is -0.509. The number of fused-ring (bicyclic) bond motifs is 1. The number of urea groups is 1. The Labute approximate surface area is 231 Å². The first kappa shape index (κ1) is 27.3. The van der Waals surface area contributed by atoms with E-state index in [0.717, 1.165) is 27.7 Å². The second kappa shape index (κ2) is 12.7. The molecule has 4 aromatic rings. The average molecular weight is 545 g/mol. The van der Waals surface area contributed by atoms with Crippen molar-refractivity contribution in [2.24, 2.45) is 0 Å². The van der Waals surface area contributed by atoms with Crippen LogP contribution in [-0.2, 0) is 32.2 Å². The minimum absolute atomic E-state index is 0.0268. The number of carbonyl (C=O) groups excluding carboxylic acids is 2. The molecule has 0 saturated carbocycles. The highest BCUT2D eigenvalue weighted by atomic mass is 16.7. The molecule has 2 amide bonds. The van der Waals surface area contributed by atoms with Gasteiger partial charge in [-0.2, -0.15) is 0 Å². The van der Waals surface area contributed by atoms with E-state index in [2.05, 4.69) is 20.2 Å². The van der Waals surface area contributed by atoms with Gasteiger partial charge in [-0.05, 0) is 42.3 Å². The standard InChI is InChI=1S/C30H32N4O6/c1-2-38-28(36)16-31-30(37)33-23-7-5-6-22(14-23)29-39-24(17-34-19-32-25-8-3-4-9-26(25)34)15-27(40-29)21-12-10-20(18-35)11-13-21/h3-14,19,24,27,29,35H,2,15-18H2,1H3,(H2,31,33,37)/t24-,27+,29+/m0/s1. The number of hydrogen-bond donors (Lipinski definition) is 3. The van der Waals surface area contributed by atoms with Crippen LogP contribution in [-0.4, -0.2) is 45.9 Å². The summed E-state index contributed by atoms with van der Waals surface area (Å²) in [5.41, 5.74) is 5.02. The first-order chi connectivity index (χ1) is 19.5. The van der Waals surface area contributed by atoms with Crippen LogP contribution in [0.4, 0.5) is 10.5 Å². The van der Waals surface area contributed by atoms with E-state index < -0.39 is 18.3 Å². The average Bonchev–Trinajstić information content (AvgIpc) is 3.39. The molecule has 1 aromatic heterocycles. The number of aromatic nitrogens is 2. The van der Waals surface area contributed by atoms with Gasteiger partial charge >= 0.3 is 12.0 Å². The van der Waals surface area contributed by atoms with E-state index in [1.807, 2.05) is 60.9 Å². The predicted octanol–water partition coefficient (Wildman–Crippen LogP) is 4.46. The van der Waals surface area contributed by atoms with E-state index in [-0.39, 0.29) is 32.0 Å². The van der Waals surface area contributed by atoms with Crippen molar-refractivity contribution in [3.05, 3.63) is 95.8 Å². The van der Waals surface area contributed by atoms with Crippen LogP contribution in [0.3, 0.4) is 0 Å². The minimum Gasteiger partial charge on any atom is -0.465 e. The number of aliphatic hydroxyl groups is 1. The lowest BCUT2D eigenvalue weighted by Gasteiger charge is -2.36. The highest BCUT2D eigenvalue weighted by Gasteiger charge is 2.32. The summed E-state index contributed by atoms with van der Waals surface area (Å²) in [7, 11) is 0. The van der Waals surface area contributed by atoms with Gasteiger partial charge < -0.3 is 34.5 Å². The number of benzene rings is 3. The fourth-order valence-corrected chi connectivity index (χ4v) is 4.71. The highest BCUT2D eigenvalue weighted by Crippen LogP contribution is 2.39. The first-order valence-corrected chi connectivity index (χ1v) is 13.2. The zero-order chi connectivity index (χ0) is 27.9. The van der Waals surface area contributed by atoms with Crippen molar-refractivity contribution < 1.29 is 28.9 Å². The topological polar surface area (TPSA) is 124 Å². The predicted molar refractivity (Wildman–Crippen MR) is 148 cm³/mol. The van der Waals surface area contributed by atoms with Crippen LogP contribution >= 0.6 is 0 Å². The van der Waals surface area contributed by atoms with Gasteiger partial charge in [0, 0.05) is 17.7 Å². The number of rotatable bonds is 9. The number of para-hydroxylation sites is 2. The van der Waals surface area contributed by atoms with Gasteiger partial charge in [-0.25, -0.2) is 9.78 Å². The number of aliphatic hydroxyl groups excluding tert-OH is 1. The van der Waals surface area contributed by atoms with E-state index in [1.165, 1.54) is 0 Å². The summed E-state index contributed by atoms with van der Waals surface area (Å²) in [5, 5.41) is 14.7. The molecule has 1 aliphatic heterocycles. The highest BCUT2D eigenvalue weighted by molar-refractivity contribution is 5.91. The number of carbonyl (C=O) groups is 2. The smallest absolute Gasteiger partial charge is 0.325 e. The van der Waals surface area contributed by atoms with Crippen molar-refractivity contribution in [2.45, 2.75) is 45.0 Å². The summed E-state index contributed by atoms with van der Waals surface area (Å²) in [4.78, 5) is 28.4. The van der Waals surface area contributed by atoms with Crippen molar-refractivity contribution in [2.75, 3.05) is 18.5 Å². The maximum Gasteiger partial charge on any atom is 0.325 e. The largest absolute Gasteiger partial charge is 0.465 e. The lowest BCUT2D eigenvalue weighted by atomic mass is 10.00. The number of anilines is 1. The van der Waals surface area contributed by atoms with Crippen LogP contribution in [0.5, 0.6) is 0 Å². The summed E-state index contributed by atoms with van der Waals surface area (Å²) < 4.78 is 19.8. The van der Waals surface area contributed by atoms with Crippen molar-refractivity contribution in [1.82, 2.24) is 14.9 Å². The molecule has 0 aliphatic carbocycles. The molecule has 1 saturated heterocycles. The lowest BCUT2D eigenvalue weighted by molar-refractivity contribution is -0.252. The number of ether oxygens (including phenoxy) is 3. The SMILES string of the molecule is CCOC(=O)CNC(=O)Nc1cccc([C@@H]2O[C@H](Cn3cnc4ccccc43)C[C@H](c3ccc(CO)cc3)O2)c1. The third-order valence-corrected chi connectivity index (χ3v) is 6.66. The molecule has 0 spiro atoms. The number of imidazole rings is 1. The van der Waals surface area contributed by atoms with Crippen LogP contribution < -0.4 is 10.6 Å². The number of nitrogens with one attached hydrogen (secondary N) is 2. The molecular weight excluding hydrogens is 512 g/mol. The molecule has 40 heavy (non-hydrogen) atoms. The van der Waals surface area contributed by atoms with Crippen molar-refractivity contribution in [3.63, 3.8) is 0 Å². The van der Waals surface area contributed by atoms with Crippen LogP contribution in [0.2, 0.25) is 0 Å². The zero-order valence-electron chi connectivity index (χ0n) is 22.2. The number of nitrogens with zero attached hydrogens (tertiary/aromatic N) is 2. The first-order valence-electron chi connectivity index (χ1n) is 13.2. The van der Waals surface area contributed by atoms with Crippen molar-refractivity contribution in [3.8, 4) is 0 Å². The molecule has 10 nitrogen and oxygen atoms in total. The van der Waals surface area contributed by atoms with E-state index in [9.17, 15) is 14.7 Å². The molecule has 208 valence electrons. The van der Waals surface area contributed by atoms with Crippen LogP contribution in [0.25, 0.3) is 11.0 Å². The summed E-state index contributed by atoms with van der Waals surface area (Å²) in [6, 6.07) is 22.4. The molecule has 3 N–H and O–H groups in total. The zero-order valence-corrected chi connectivity index (χ0v) is 22.2. The van der Waals surface area contributed by atoms with Gasteiger partial charge in [-0.3, -0.25) is 4.79 Å². The van der Waals surface area contributed by atoms with Gasteiger partial charge in [0.25, 0.3) is 0 Å². The Hall–Kier alpha value is -4.25. The molecule has 1 aliphatic rings. The number of amides is 2. The van der Waals surface area contributed by atoms with E-state index >= 15 is 0 Å². The van der Waals surface area contributed by atoms with Gasteiger partial charge in [0.15, 0.2) is 6.29 Å². The molecule has 3 aromatic carbocycles. The minimum atomic E-state index is -0.694. The Balaban J connectivity index is 1.34.